The Balaban J connectivity index is 1.47. The number of hydrogen-bond donors (Lipinski definition) is 1. The van der Waals surface area contributed by atoms with E-state index in [0.29, 0.717) is 48.3 Å². The van der Waals surface area contributed by atoms with Crippen molar-refractivity contribution in [2.45, 2.75) is 56.8 Å². The van der Waals surface area contributed by atoms with Crippen LogP contribution in [0.4, 0.5) is 5.82 Å². The molecule has 0 atom stereocenters. The first-order valence-electron chi connectivity index (χ1n) is 11.2. The number of carbonyl (C=O) groups excluding carboxylic acids is 1. The number of anilines is 1. The summed E-state index contributed by atoms with van der Waals surface area (Å²) in [6, 6.07) is 9.49. The van der Waals surface area contributed by atoms with Crippen LogP contribution in [0, 0.1) is 0 Å². The van der Waals surface area contributed by atoms with Crippen molar-refractivity contribution in [1.29, 1.82) is 0 Å². The highest BCUT2D eigenvalue weighted by Gasteiger charge is 2.21. The fraction of sp³-hybridized carbons (Fsp3) is 0.478. The molecular formula is C23H29N5O3S. The molecule has 0 spiro atoms. The zero-order valence-electron chi connectivity index (χ0n) is 18.3. The minimum absolute atomic E-state index is 0.0886. The van der Waals surface area contributed by atoms with Crippen molar-refractivity contribution in [3.63, 3.8) is 0 Å². The van der Waals surface area contributed by atoms with Crippen LogP contribution >= 0.6 is 11.8 Å². The number of hydrogen-bond acceptors (Lipinski definition) is 6. The van der Waals surface area contributed by atoms with Crippen molar-refractivity contribution in [3.05, 3.63) is 46.9 Å². The number of para-hydroxylation sites is 1. The first kappa shape index (κ1) is 22.5. The van der Waals surface area contributed by atoms with E-state index in [9.17, 15) is 9.59 Å². The maximum atomic E-state index is 13.1. The maximum absolute atomic E-state index is 13.1. The molecule has 0 unspecified atom stereocenters. The molecule has 0 radical (unpaired) electrons. The lowest BCUT2D eigenvalue weighted by Gasteiger charge is -2.15. The average molecular weight is 456 g/mol. The maximum Gasteiger partial charge on any atom is 0.262 e. The van der Waals surface area contributed by atoms with E-state index in [0.717, 1.165) is 18.7 Å². The molecule has 2 aromatic heterocycles. The van der Waals surface area contributed by atoms with E-state index in [2.05, 4.69) is 15.4 Å². The summed E-state index contributed by atoms with van der Waals surface area (Å²) in [6.45, 7) is 3.66. The van der Waals surface area contributed by atoms with Gasteiger partial charge in [0.15, 0.2) is 5.16 Å². The summed E-state index contributed by atoms with van der Waals surface area (Å²) in [5, 5.41) is 8.51. The van der Waals surface area contributed by atoms with E-state index >= 15 is 0 Å². The molecule has 0 saturated heterocycles. The molecule has 1 fully saturated rings. The molecule has 3 aromatic rings. The van der Waals surface area contributed by atoms with E-state index in [4.69, 9.17) is 4.74 Å². The summed E-state index contributed by atoms with van der Waals surface area (Å²) in [5.41, 5.74) is 0.551. The van der Waals surface area contributed by atoms with Gasteiger partial charge in [0.05, 0.1) is 28.9 Å². The van der Waals surface area contributed by atoms with Gasteiger partial charge in [0.25, 0.3) is 5.56 Å². The van der Waals surface area contributed by atoms with Crippen molar-refractivity contribution >= 4 is 34.4 Å². The first-order valence-corrected chi connectivity index (χ1v) is 12.2. The lowest BCUT2D eigenvalue weighted by atomic mass is 10.2. The average Bonchev–Trinajstić information content (AvgIpc) is 3.48. The molecule has 1 aromatic carbocycles. The lowest BCUT2D eigenvalue weighted by Crippen LogP contribution is -2.25. The molecule has 0 bridgehead atoms. The van der Waals surface area contributed by atoms with Gasteiger partial charge in [-0.3, -0.25) is 14.2 Å². The van der Waals surface area contributed by atoms with E-state index in [1.807, 2.05) is 35.9 Å². The number of fused-ring (bicyclic) bond motifs is 1. The molecule has 1 aliphatic rings. The fourth-order valence-corrected chi connectivity index (χ4v) is 4.91. The highest BCUT2D eigenvalue weighted by Crippen LogP contribution is 2.31. The Labute approximate surface area is 191 Å². The Morgan fingerprint density at radius 2 is 2.06 bits per heavy atom. The molecular weight excluding hydrogens is 426 g/mol. The second-order valence-electron chi connectivity index (χ2n) is 7.85. The number of nitrogens with one attached hydrogen (secondary N) is 1. The van der Waals surface area contributed by atoms with Crippen LogP contribution in [-0.4, -0.2) is 44.2 Å². The van der Waals surface area contributed by atoms with Crippen LogP contribution in [0.1, 0.15) is 45.1 Å². The van der Waals surface area contributed by atoms with Gasteiger partial charge < -0.3 is 10.1 Å². The number of rotatable bonds is 10. The van der Waals surface area contributed by atoms with Crippen molar-refractivity contribution in [3.8, 4) is 0 Å². The summed E-state index contributed by atoms with van der Waals surface area (Å²) in [4.78, 5) is 30.4. The van der Waals surface area contributed by atoms with Gasteiger partial charge in [-0.2, -0.15) is 5.10 Å². The Bertz CT molecular complexity index is 1120. The normalized spacial score (nSPS) is 14.3. The quantitative estimate of drug-likeness (QED) is 0.284. The van der Waals surface area contributed by atoms with Crippen LogP contribution in [0.5, 0.6) is 0 Å². The monoisotopic (exact) mass is 455 g/mol. The van der Waals surface area contributed by atoms with Crippen molar-refractivity contribution in [2.75, 3.05) is 24.3 Å². The van der Waals surface area contributed by atoms with Gasteiger partial charge in [0.2, 0.25) is 5.91 Å². The zero-order chi connectivity index (χ0) is 22.3. The summed E-state index contributed by atoms with van der Waals surface area (Å²) in [6.07, 6.45) is 7.00. The van der Waals surface area contributed by atoms with Gasteiger partial charge in [0.1, 0.15) is 5.82 Å². The van der Waals surface area contributed by atoms with E-state index < -0.39 is 0 Å². The highest BCUT2D eigenvalue weighted by atomic mass is 32.2. The molecule has 4 rings (SSSR count). The zero-order valence-corrected chi connectivity index (χ0v) is 19.1. The fourth-order valence-electron chi connectivity index (χ4n) is 4.09. The third-order valence-corrected chi connectivity index (χ3v) is 6.62. The van der Waals surface area contributed by atoms with Gasteiger partial charge in [-0.15, -0.1) is 0 Å². The summed E-state index contributed by atoms with van der Waals surface area (Å²) in [7, 11) is 0. The number of thioether (sulfide) groups is 1. The molecule has 0 aliphatic heterocycles. The Morgan fingerprint density at radius 1 is 1.25 bits per heavy atom. The molecule has 1 N–H and O–H groups in total. The number of benzene rings is 1. The minimum Gasteiger partial charge on any atom is -0.382 e. The number of amides is 1. The minimum atomic E-state index is -0.141. The van der Waals surface area contributed by atoms with Crippen molar-refractivity contribution in [2.24, 2.45) is 0 Å². The number of nitrogens with zero attached hydrogens (tertiary/aromatic N) is 4. The Kier molecular flexibility index (Phi) is 7.59. The standard InChI is InChI=1S/C23H29N5O3S/c1-2-31-15-7-14-27-22(30)18-10-5-6-11-19(18)25-23(27)32-16-21(29)26-20-12-13-24-28(20)17-8-3-4-9-17/h5-6,10-13,17H,2-4,7-9,14-16H2,1H3,(H,26,29). The van der Waals surface area contributed by atoms with Gasteiger partial charge in [-0.25, -0.2) is 9.67 Å². The number of ether oxygens (including phenoxy) is 1. The molecule has 9 heteroatoms. The van der Waals surface area contributed by atoms with Crippen LogP contribution in [0.2, 0.25) is 0 Å². The second kappa shape index (κ2) is 10.8. The van der Waals surface area contributed by atoms with Crippen LogP contribution in [-0.2, 0) is 16.1 Å². The molecule has 1 aliphatic carbocycles. The SMILES string of the molecule is CCOCCCn1c(SCC(=O)Nc2ccnn2C2CCCC2)nc2ccccc2c1=O. The third-order valence-electron chi connectivity index (χ3n) is 5.64. The summed E-state index contributed by atoms with van der Waals surface area (Å²) in [5.74, 6) is 0.743. The summed E-state index contributed by atoms with van der Waals surface area (Å²) >= 11 is 1.28. The third kappa shape index (κ3) is 5.21. The number of carbonyl (C=O) groups is 1. The smallest absolute Gasteiger partial charge is 0.262 e. The predicted octanol–water partition coefficient (Wildman–Crippen LogP) is 3.87. The van der Waals surface area contributed by atoms with Gasteiger partial charge >= 0.3 is 0 Å². The summed E-state index contributed by atoms with van der Waals surface area (Å²) < 4.78 is 9.00. The van der Waals surface area contributed by atoms with E-state index in [1.54, 1.807) is 16.8 Å². The van der Waals surface area contributed by atoms with Crippen LogP contribution in [0.15, 0.2) is 46.5 Å². The van der Waals surface area contributed by atoms with E-state index in [-0.39, 0.29) is 17.2 Å². The van der Waals surface area contributed by atoms with Gasteiger partial charge in [-0.1, -0.05) is 36.7 Å². The molecule has 1 saturated carbocycles. The number of aromatic nitrogens is 4. The Morgan fingerprint density at radius 3 is 2.88 bits per heavy atom. The topological polar surface area (TPSA) is 91.0 Å². The van der Waals surface area contributed by atoms with Gasteiger partial charge in [-0.05, 0) is 38.3 Å². The van der Waals surface area contributed by atoms with E-state index in [1.165, 1.54) is 24.6 Å². The first-order chi connectivity index (χ1) is 15.7. The lowest BCUT2D eigenvalue weighted by molar-refractivity contribution is -0.113. The van der Waals surface area contributed by atoms with Crippen LogP contribution in [0.3, 0.4) is 0 Å². The molecule has 170 valence electrons. The molecule has 8 nitrogen and oxygen atoms in total. The van der Waals surface area contributed by atoms with Crippen molar-refractivity contribution in [1.82, 2.24) is 19.3 Å². The van der Waals surface area contributed by atoms with Gasteiger partial charge in [0, 0.05) is 25.8 Å². The second-order valence-corrected chi connectivity index (χ2v) is 8.80. The highest BCUT2D eigenvalue weighted by molar-refractivity contribution is 7.99. The molecule has 32 heavy (non-hydrogen) atoms. The van der Waals surface area contributed by atoms with Crippen LogP contribution < -0.4 is 10.9 Å². The van der Waals surface area contributed by atoms with Crippen molar-refractivity contribution < 1.29 is 9.53 Å². The largest absolute Gasteiger partial charge is 0.382 e. The molecule has 1 amide bonds. The van der Waals surface area contributed by atoms with Crippen LogP contribution in [0.25, 0.3) is 10.9 Å². The molecule has 2 heterocycles. The Hall–Kier alpha value is -2.65. The predicted molar refractivity (Wildman–Crippen MR) is 126 cm³/mol.